The third kappa shape index (κ3) is 2.04. The van der Waals surface area contributed by atoms with Crippen LogP contribution in [0.15, 0.2) is 0 Å². The molecule has 1 aliphatic rings. The Hall–Kier alpha value is -1.10. The maximum atomic E-state index is 11.9. The average Bonchev–Trinajstić information content (AvgIpc) is 2.90. The van der Waals surface area contributed by atoms with Crippen LogP contribution in [0, 0.1) is 0 Å². The Balaban J connectivity index is 2.96. The Morgan fingerprint density at radius 1 is 1.18 bits per heavy atom. The molecule has 0 saturated carbocycles. The monoisotopic (exact) mass is 243 g/mol. The summed E-state index contributed by atoms with van der Waals surface area (Å²) in [5, 5.41) is 0. The molecule has 1 atom stereocenters. The van der Waals surface area contributed by atoms with Crippen LogP contribution in [0.4, 0.5) is 0 Å². The molecule has 98 valence electrons. The van der Waals surface area contributed by atoms with E-state index >= 15 is 0 Å². The van der Waals surface area contributed by atoms with Crippen molar-refractivity contribution in [3.8, 4) is 0 Å². The summed E-state index contributed by atoms with van der Waals surface area (Å²) in [5.74, 6) is -1.38. The van der Waals surface area contributed by atoms with E-state index in [1.165, 1.54) is 0 Å². The maximum Gasteiger partial charge on any atom is 0.351 e. The van der Waals surface area contributed by atoms with Gasteiger partial charge < -0.3 is 15.2 Å². The molecule has 0 aromatic carbocycles. The normalized spacial score (nSPS) is 25.4. The summed E-state index contributed by atoms with van der Waals surface area (Å²) in [6.07, 6.45) is 2.94. The quantitative estimate of drug-likeness (QED) is 0.413. The van der Waals surface area contributed by atoms with Gasteiger partial charge in [0.15, 0.2) is 0 Å². The van der Waals surface area contributed by atoms with Crippen molar-refractivity contribution in [2.24, 2.45) is 5.73 Å². The van der Waals surface area contributed by atoms with E-state index in [0.717, 1.165) is 12.8 Å². The van der Waals surface area contributed by atoms with Gasteiger partial charge in [-0.1, -0.05) is 26.7 Å². The van der Waals surface area contributed by atoms with Crippen molar-refractivity contribution in [1.82, 2.24) is 0 Å². The third-order valence-corrected chi connectivity index (χ3v) is 3.17. The fraction of sp³-hybridized carbons (Fsp3) is 0.833. The molecule has 0 spiro atoms. The molecule has 1 aliphatic heterocycles. The fourth-order valence-corrected chi connectivity index (χ4v) is 2.49. The predicted molar refractivity (Wildman–Crippen MR) is 62.2 cm³/mol. The van der Waals surface area contributed by atoms with Gasteiger partial charge in [-0.25, -0.2) is 4.79 Å². The number of nitrogens with two attached hydrogens (primary N) is 1. The lowest BCUT2D eigenvalue weighted by atomic mass is 9.84. The van der Waals surface area contributed by atoms with Crippen molar-refractivity contribution in [3.63, 3.8) is 0 Å². The lowest BCUT2D eigenvalue weighted by molar-refractivity contribution is -0.153. The van der Waals surface area contributed by atoms with Gasteiger partial charge in [0.05, 0.1) is 6.61 Å². The first-order valence-electron chi connectivity index (χ1n) is 6.18. The molecular formula is C12H21NO4. The van der Waals surface area contributed by atoms with Crippen molar-refractivity contribution in [2.45, 2.75) is 57.7 Å². The smallest absolute Gasteiger partial charge is 0.351 e. The number of rotatable bonds is 7. The summed E-state index contributed by atoms with van der Waals surface area (Å²) >= 11 is 0. The molecule has 1 fully saturated rings. The number of ether oxygens (including phenoxy) is 2. The zero-order chi connectivity index (χ0) is 13.1. The van der Waals surface area contributed by atoms with Crippen LogP contribution in [0.3, 0.4) is 0 Å². The Kier molecular flexibility index (Phi) is 4.14. The molecule has 0 bridgehead atoms. The van der Waals surface area contributed by atoms with Gasteiger partial charge in [0.2, 0.25) is 0 Å². The summed E-state index contributed by atoms with van der Waals surface area (Å²) in [4.78, 5) is 23.4. The predicted octanol–water partition coefficient (Wildman–Crippen LogP) is 1.14. The number of primary amides is 1. The van der Waals surface area contributed by atoms with Crippen molar-refractivity contribution < 1.29 is 19.1 Å². The highest BCUT2D eigenvalue weighted by Gasteiger charge is 2.78. The molecule has 5 nitrogen and oxygen atoms in total. The minimum atomic E-state index is -1.55. The van der Waals surface area contributed by atoms with E-state index in [9.17, 15) is 9.59 Å². The molecular weight excluding hydrogens is 222 g/mol. The van der Waals surface area contributed by atoms with E-state index in [0.29, 0.717) is 12.8 Å². The van der Waals surface area contributed by atoms with Crippen molar-refractivity contribution >= 4 is 11.9 Å². The molecule has 0 aromatic heterocycles. The number of esters is 1. The first-order chi connectivity index (χ1) is 8.00. The van der Waals surface area contributed by atoms with E-state index in [1.54, 1.807) is 6.92 Å². The number of amides is 1. The molecule has 1 unspecified atom stereocenters. The highest BCUT2D eigenvalue weighted by molar-refractivity contribution is 6.10. The standard InChI is InChI=1S/C12H21NO4/c1-4-7-11(8-5-2)12(17-11,9(13)14)10(15)16-6-3/h4-8H2,1-3H3,(H2,13,14). The topological polar surface area (TPSA) is 81.9 Å². The largest absolute Gasteiger partial charge is 0.463 e. The summed E-state index contributed by atoms with van der Waals surface area (Å²) in [6, 6.07) is 0. The molecule has 1 rings (SSSR count). The van der Waals surface area contributed by atoms with Gasteiger partial charge in [-0.2, -0.15) is 0 Å². The van der Waals surface area contributed by atoms with Gasteiger partial charge in [0.25, 0.3) is 11.5 Å². The molecule has 17 heavy (non-hydrogen) atoms. The van der Waals surface area contributed by atoms with Crippen LogP contribution in [0.5, 0.6) is 0 Å². The second-order valence-electron chi connectivity index (χ2n) is 4.36. The van der Waals surface area contributed by atoms with E-state index in [2.05, 4.69) is 0 Å². The summed E-state index contributed by atoms with van der Waals surface area (Å²) in [5.41, 5.74) is 3.05. The Morgan fingerprint density at radius 3 is 2.06 bits per heavy atom. The van der Waals surface area contributed by atoms with E-state index in [4.69, 9.17) is 15.2 Å². The number of epoxide rings is 1. The lowest BCUT2D eigenvalue weighted by Gasteiger charge is -2.15. The molecule has 0 radical (unpaired) electrons. The zero-order valence-electron chi connectivity index (χ0n) is 10.7. The Bertz CT molecular complexity index is 310. The average molecular weight is 243 g/mol. The molecule has 1 saturated heterocycles. The maximum absolute atomic E-state index is 11.9. The van der Waals surface area contributed by atoms with E-state index < -0.39 is 23.1 Å². The van der Waals surface area contributed by atoms with Gasteiger partial charge in [-0.05, 0) is 19.8 Å². The van der Waals surface area contributed by atoms with Crippen molar-refractivity contribution in [1.29, 1.82) is 0 Å². The fourth-order valence-electron chi connectivity index (χ4n) is 2.49. The van der Waals surface area contributed by atoms with Gasteiger partial charge in [0.1, 0.15) is 5.60 Å². The van der Waals surface area contributed by atoms with Crippen LogP contribution >= 0.6 is 0 Å². The highest BCUT2D eigenvalue weighted by atomic mass is 16.7. The summed E-state index contributed by atoms with van der Waals surface area (Å²) < 4.78 is 10.4. The number of hydrogen-bond donors (Lipinski definition) is 1. The molecule has 2 N–H and O–H groups in total. The van der Waals surface area contributed by atoms with Crippen molar-refractivity contribution in [3.05, 3.63) is 0 Å². The minimum absolute atomic E-state index is 0.214. The lowest BCUT2D eigenvalue weighted by Crippen LogP contribution is -2.47. The zero-order valence-corrected chi connectivity index (χ0v) is 10.7. The second-order valence-corrected chi connectivity index (χ2v) is 4.36. The third-order valence-electron chi connectivity index (χ3n) is 3.17. The SMILES string of the molecule is CCCC1(CCC)OC1(C(N)=O)C(=O)OCC. The molecule has 0 aromatic rings. The first-order valence-corrected chi connectivity index (χ1v) is 6.18. The number of carbonyl (C=O) groups is 2. The van der Waals surface area contributed by atoms with Crippen LogP contribution in [0.1, 0.15) is 46.5 Å². The second kappa shape index (κ2) is 5.04. The summed E-state index contributed by atoms with van der Waals surface area (Å²) in [6.45, 7) is 5.87. The van der Waals surface area contributed by atoms with Crippen LogP contribution in [0.2, 0.25) is 0 Å². The van der Waals surface area contributed by atoms with Crippen LogP contribution in [-0.2, 0) is 19.1 Å². The van der Waals surface area contributed by atoms with Crippen LogP contribution in [0.25, 0.3) is 0 Å². The Morgan fingerprint density at radius 2 is 1.71 bits per heavy atom. The van der Waals surface area contributed by atoms with E-state index in [-0.39, 0.29) is 6.61 Å². The minimum Gasteiger partial charge on any atom is -0.463 e. The van der Waals surface area contributed by atoms with Gasteiger partial charge in [0, 0.05) is 0 Å². The van der Waals surface area contributed by atoms with Gasteiger partial charge in [-0.3, -0.25) is 4.79 Å². The van der Waals surface area contributed by atoms with Gasteiger partial charge >= 0.3 is 5.97 Å². The number of hydrogen-bond acceptors (Lipinski definition) is 4. The van der Waals surface area contributed by atoms with E-state index in [1.807, 2.05) is 13.8 Å². The summed E-state index contributed by atoms with van der Waals surface area (Å²) in [7, 11) is 0. The number of carbonyl (C=O) groups excluding carboxylic acids is 2. The molecule has 1 heterocycles. The van der Waals surface area contributed by atoms with Crippen LogP contribution in [-0.4, -0.2) is 29.7 Å². The van der Waals surface area contributed by atoms with Crippen LogP contribution < -0.4 is 5.73 Å². The Labute approximate surface area is 102 Å². The first kappa shape index (κ1) is 14.0. The molecule has 0 aliphatic carbocycles. The molecule has 5 heteroatoms. The molecule has 1 amide bonds. The van der Waals surface area contributed by atoms with Crippen molar-refractivity contribution in [2.75, 3.05) is 6.61 Å². The van der Waals surface area contributed by atoms with Gasteiger partial charge in [-0.15, -0.1) is 0 Å². The highest BCUT2D eigenvalue weighted by Crippen LogP contribution is 2.54.